The van der Waals surface area contributed by atoms with E-state index >= 15 is 0 Å². The lowest BCUT2D eigenvalue weighted by Gasteiger charge is -2.22. The molecule has 1 aromatic carbocycles. The summed E-state index contributed by atoms with van der Waals surface area (Å²) in [5, 5.41) is 8.52. The Balaban J connectivity index is 1.87. The summed E-state index contributed by atoms with van der Waals surface area (Å²) in [6.07, 6.45) is 2.49. The molecule has 0 aliphatic carbocycles. The van der Waals surface area contributed by atoms with Crippen LogP contribution in [0.25, 0.3) is 0 Å². The summed E-state index contributed by atoms with van der Waals surface area (Å²) in [5.74, 6) is 0.671. The third kappa shape index (κ3) is 6.14. The number of carbonyl (C=O) groups excluding carboxylic acids is 2. The number of benzene rings is 1. The molecule has 0 radical (unpaired) electrons. The van der Waals surface area contributed by atoms with Crippen molar-refractivity contribution in [1.29, 1.82) is 0 Å². The van der Waals surface area contributed by atoms with Gasteiger partial charge in [0.15, 0.2) is 0 Å². The van der Waals surface area contributed by atoms with Crippen molar-refractivity contribution >= 4 is 17.6 Å². The highest BCUT2D eigenvalue weighted by atomic mass is 16.3. The highest BCUT2D eigenvalue weighted by Crippen LogP contribution is 2.17. The minimum Gasteiger partial charge on any atom is -0.468 e. The number of carbonyl (C=O) groups is 2. The van der Waals surface area contributed by atoms with Gasteiger partial charge in [-0.25, -0.2) is 4.79 Å². The molecule has 7 heteroatoms. The van der Waals surface area contributed by atoms with Gasteiger partial charge >= 0.3 is 6.03 Å². The average Bonchev–Trinajstić information content (AvgIpc) is 3.16. The zero-order valence-electron chi connectivity index (χ0n) is 16.3. The van der Waals surface area contributed by atoms with Gasteiger partial charge in [0.2, 0.25) is 0 Å². The number of likely N-dealkylation sites (N-methyl/N-ethyl adjacent to an activating group) is 1. The standard InChI is InChI=1S/C20H28N4O3/c1-5-14(2)22-19(25)15-8-10-16(11-9-15)23-20(26)21-13-17(24(3)4)18-7-6-12-27-18/h6-12,14,17H,5,13H2,1-4H3,(H,22,25)(H2,21,23,26). The predicted molar refractivity (Wildman–Crippen MR) is 106 cm³/mol. The molecule has 0 fully saturated rings. The Labute approximate surface area is 160 Å². The number of nitrogens with one attached hydrogen (secondary N) is 3. The van der Waals surface area contributed by atoms with Gasteiger partial charge in [-0.15, -0.1) is 0 Å². The molecule has 0 spiro atoms. The first-order chi connectivity index (χ1) is 12.9. The Morgan fingerprint density at radius 1 is 1.15 bits per heavy atom. The Morgan fingerprint density at radius 2 is 1.85 bits per heavy atom. The molecule has 1 aromatic heterocycles. The molecule has 2 rings (SSSR count). The van der Waals surface area contributed by atoms with E-state index < -0.39 is 0 Å². The summed E-state index contributed by atoms with van der Waals surface area (Å²) in [5.41, 5.74) is 1.18. The molecule has 7 nitrogen and oxygen atoms in total. The zero-order chi connectivity index (χ0) is 19.8. The number of urea groups is 1. The molecule has 3 amide bonds. The van der Waals surface area contributed by atoms with Gasteiger partial charge in [-0.05, 0) is 63.8 Å². The summed E-state index contributed by atoms with van der Waals surface area (Å²) < 4.78 is 5.43. The van der Waals surface area contributed by atoms with Gasteiger partial charge in [-0.2, -0.15) is 0 Å². The summed E-state index contributed by atoms with van der Waals surface area (Å²) in [7, 11) is 3.85. The van der Waals surface area contributed by atoms with Crippen LogP contribution in [-0.2, 0) is 0 Å². The van der Waals surface area contributed by atoms with Crippen molar-refractivity contribution < 1.29 is 14.0 Å². The van der Waals surface area contributed by atoms with Crippen LogP contribution in [0.3, 0.4) is 0 Å². The fraction of sp³-hybridized carbons (Fsp3) is 0.400. The third-order valence-corrected chi connectivity index (χ3v) is 4.35. The number of hydrogen-bond acceptors (Lipinski definition) is 4. The normalized spacial score (nSPS) is 13.1. The van der Waals surface area contributed by atoms with Crippen molar-refractivity contribution in [2.75, 3.05) is 26.0 Å². The van der Waals surface area contributed by atoms with Crippen LogP contribution in [0, 0.1) is 0 Å². The lowest BCUT2D eigenvalue weighted by molar-refractivity contribution is 0.0939. The van der Waals surface area contributed by atoms with Gasteiger partial charge < -0.3 is 20.4 Å². The molecule has 2 aromatic rings. The quantitative estimate of drug-likeness (QED) is 0.664. The van der Waals surface area contributed by atoms with Crippen molar-refractivity contribution in [3.05, 3.63) is 54.0 Å². The number of anilines is 1. The fourth-order valence-corrected chi connectivity index (χ4v) is 2.50. The van der Waals surface area contributed by atoms with E-state index in [4.69, 9.17) is 4.42 Å². The van der Waals surface area contributed by atoms with E-state index in [9.17, 15) is 9.59 Å². The topological polar surface area (TPSA) is 86.6 Å². The molecular weight excluding hydrogens is 344 g/mol. The molecule has 146 valence electrons. The van der Waals surface area contributed by atoms with Crippen molar-refractivity contribution in [3.8, 4) is 0 Å². The van der Waals surface area contributed by atoms with Crippen LogP contribution in [0.1, 0.15) is 42.4 Å². The maximum absolute atomic E-state index is 12.2. The van der Waals surface area contributed by atoms with Crippen LogP contribution in [-0.4, -0.2) is 43.5 Å². The first kappa shape index (κ1) is 20.5. The highest BCUT2D eigenvalue weighted by molar-refractivity contribution is 5.95. The molecule has 2 atom stereocenters. The predicted octanol–water partition coefficient (Wildman–Crippen LogP) is 3.23. The number of furan rings is 1. The molecule has 0 saturated carbocycles. The van der Waals surface area contributed by atoms with Gasteiger partial charge in [0.05, 0.1) is 12.3 Å². The second-order valence-corrected chi connectivity index (χ2v) is 6.69. The Kier molecular flexibility index (Phi) is 7.43. The van der Waals surface area contributed by atoms with E-state index in [1.807, 2.05) is 45.0 Å². The Bertz CT molecular complexity index is 726. The summed E-state index contributed by atoms with van der Waals surface area (Å²) in [6.45, 7) is 4.38. The molecule has 1 heterocycles. The van der Waals surface area contributed by atoms with Gasteiger partial charge in [0, 0.05) is 23.8 Å². The second kappa shape index (κ2) is 9.78. The summed E-state index contributed by atoms with van der Waals surface area (Å²) >= 11 is 0. The van der Waals surface area contributed by atoms with Gasteiger partial charge in [-0.1, -0.05) is 6.92 Å². The number of amides is 3. The van der Waals surface area contributed by atoms with E-state index in [2.05, 4.69) is 16.0 Å². The van der Waals surface area contributed by atoms with Crippen LogP contribution in [0.2, 0.25) is 0 Å². The highest BCUT2D eigenvalue weighted by Gasteiger charge is 2.17. The maximum Gasteiger partial charge on any atom is 0.319 e. The number of nitrogens with zero attached hydrogens (tertiary/aromatic N) is 1. The largest absolute Gasteiger partial charge is 0.468 e. The van der Waals surface area contributed by atoms with Crippen molar-refractivity contribution in [2.45, 2.75) is 32.4 Å². The first-order valence-electron chi connectivity index (χ1n) is 9.06. The Morgan fingerprint density at radius 3 is 2.41 bits per heavy atom. The van der Waals surface area contributed by atoms with E-state index in [-0.39, 0.29) is 24.0 Å². The van der Waals surface area contributed by atoms with Gasteiger partial charge in [0.1, 0.15) is 5.76 Å². The van der Waals surface area contributed by atoms with Gasteiger partial charge in [-0.3, -0.25) is 9.69 Å². The SMILES string of the molecule is CCC(C)NC(=O)c1ccc(NC(=O)NCC(c2ccco2)N(C)C)cc1. The molecule has 0 bridgehead atoms. The molecule has 3 N–H and O–H groups in total. The second-order valence-electron chi connectivity index (χ2n) is 6.69. The minimum atomic E-state index is -0.315. The van der Waals surface area contributed by atoms with Crippen molar-refractivity contribution in [2.24, 2.45) is 0 Å². The van der Waals surface area contributed by atoms with Crippen LogP contribution in [0.4, 0.5) is 10.5 Å². The average molecular weight is 372 g/mol. The van der Waals surface area contributed by atoms with Crippen LogP contribution < -0.4 is 16.0 Å². The van der Waals surface area contributed by atoms with Crippen LogP contribution >= 0.6 is 0 Å². The number of rotatable bonds is 8. The van der Waals surface area contributed by atoms with Crippen LogP contribution in [0.15, 0.2) is 47.1 Å². The van der Waals surface area contributed by atoms with E-state index in [0.717, 1.165) is 12.2 Å². The summed E-state index contributed by atoms with van der Waals surface area (Å²) in [6, 6.07) is 10.3. The van der Waals surface area contributed by atoms with Crippen molar-refractivity contribution in [1.82, 2.24) is 15.5 Å². The molecule has 0 aliphatic rings. The number of hydrogen-bond donors (Lipinski definition) is 3. The fourth-order valence-electron chi connectivity index (χ4n) is 2.50. The van der Waals surface area contributed by atoms with Crippen LogP contribution in [0.5, 0.6) is 0 Å². The molecule has 2 unspecified atom stereocenters. The smallest absolute Gasteiger partial charge is 0.319 e. The van der Waals surface area contributed by atoms with E-state index in [0.29, 0.717) is 17.8 Å². The molecule has 0 aliphatic heterocycles. The monoisotopic (exact) mass is 372 g/mol. The van der Waals surface area contributed by atoms with Crippen molar-refractivity contribution in [3.63, 3.8) is 0 Å². The summed E-state index contributed by atoms with van der Waals surface area (Å²) in [4.78, 5) is 26.2. The van der Waals surface area contributed by atoms with E-state index in [1.165, 1.54) is 0 Å². The maximum atomic E-state index is 12.2. The first-order valence-corrected chi connectivity index (χ1v) is 9.06. The lowest BCUT2D eigenvalue weighted by atomic mass is 10.1. The molecular formula is C20H28N4O3. The van der Waals surface area contributed by atoms with Gasteiger partial charge in [0.25, 0.3) is 5.91 Å². The third-order valence-electron chi connectivity index (χ3n) is 4.35. The lowest BCUT2D eigenvalue weighted by Crippen LogP contribution is -2.36. The molecule has 27 heavy (non-hydrogen) atoms. The molecule has 0 saturated heterocycles. The Hall–Kier alpha value is -2.80. The van der Waals surface area contributed by atoms with E-state index in [1.54, 1.807) is 30.5 Å². The zero-order valence-corrected chi connectivity index (χ0v) is 16.3. The minimum absolute atomic E-state index is 0.0580.